The number of nitrogens with zero attached hydrogens (tertiary/aromatic N) is 1. The van der Waals surface area contributed by atoms with Crippen LogP contribution in [0.2, 0.25) is 0 Å². The van der Waals surface area contributed by atoms with E-state index in [0.717, 1.165) is 31.7 Å². The van der Waals surface area contributed by atoms with Crippen LogP contribution in [-0.2, 0) is 4.79 Å². The third-order valence-electron chi connectivity index (χ3n) is 5.85. The van der Waals surface area contributed by atoms with Crippen molar-refractivity contribution in [2.45, 2.75) is 44.6 Å². The fraction of sp³-hybridized carbons (Fsp3) is 0.600. The molecular formula is C20H27F2N3O2. The molecule has 1 aromatic carbocycles. The first-order valence-electron chi connectivity index (χ1n) is 9.74. The van der Waals surface area contributed by atoms with Crippen molar-refractivity contribution in [3.8, 4) is 0 Å². The fourth-order valence-corrected chi connectivity index (χ4v) is 4.16. The summed E-state index contributed by atoms with van der Waals surface area (Å²) < 4.78 is 26.9. The molecule has 1 saturated heterocycles. The molecule has 1 aliphatic heterocycles. The molecule has 0 spiro atoms. The average molecular weight is 379 g/mol. The van der Waals surface area contributed by atoms with Crippen LogP contribution < -0.4 is 11.1 Å². The summed E-state index contributed by atoms with van der Waals surface area (Å²) in [6.45, 7) is 1.36. The molecule has 2 aliphatic rings. The highest BCUT2D eigenvalue weighted by Crippen LogP contribution is 2.25. The third kappa shape index (κ3) is 4.64. The van der Waals surface area contributed by atoms with Crippen molar-refractivity contribution in [1.29, 1.82) is 0 Å². The van der Waals surface area contributed by atoms with Crippen molar-refractivity contribution in [2.24, 2.45) is 17.6 Å². The Morgan fingerprint density at radius 3 is 2.48 bits per heavy atom. The van der Waals surface area contributed by atoms with Gasteiger partial charge in [-0.1, -0.05) is 12.8 Å². The zero-order chi connectivity index (χ0) is 19.4. The van der Waals surface area contributed by atoms with Crippen molar-refractivity contribution < 1.29 is 18.4 Å². The van der Waals surface area contributed by atoms with Gasteiger partial charge in [-0.25, -0.2) is 8.78 Å². The summed E-state index contributed by atoms with van der Waals surface area (Å²) in [5.74, 6) is -1.80. The number of hydrogen-bond acceptors (Lipinski definition) is 3. The lowest BCUT2D eigenvalue weighted by atomic mass is 9.84. The molecular weight excluding hydrogens is 352 g/mol. The monoisotopic (exact) mass is 379 g/mol. The van der Waals surface area contributed by atoms with Gasteiger partial charge >= 0.3 is 0 Å². The van der Waals surface area contributed by atoms with E-state index in [-0.39, 0.29) is 23.4 Å². The molecule has 5 nitrogen and oxygen atoms in total. The molecule has 2 atom stereocenters. The number of likely N-dealkylation sites (tertiary alicyclic amines) is 1. The maximum atomic E-state index is 13.8. The van der Waals surface area contributed by atoms with Crippen LogP contribution in [0.5, 0.6) is 0 Å². The summed E-state index contributed by atoms with van der Waals surface area (Å²) in [4.78, 5) is 26.6. The molecule has 27 heavy (non-hydrogen) atoms. The Hall–Kier alpha value is -2.02. The Morgan fingerprint density at radius 1 is 1.11 bits per heavy atom. The zero-order valence-corrected chi connectivity index (χ0v) is 15.4. The van der Waals surface area contributed by atoms with Gasteiger partial charge in [-0.05, 0) is 50.3 Å². The van der Waals surface area contributed by atoms with Gasteiger partial charge in [-0.3, -0.25) is 9.59 Å². The normalized spacial score (nSPS) is 23.9. The molecule has 2 fully saturated rings. The highest BCUT2D eigenvalue weighted by Gasteiger charge is 2.32. The molecule has 1 saturated carbocycles. The Morgan fingerprint density at radius 2 is 1.81 bits per heavy atom. The Labute approximate surface area is 158 Å². The van der Waals surface area contributed by atoms with Crippen molar-refractivity contribution in [3.05, 3.63) is 35.4 Å². The summed E-state index contributed by atoms with van der Waals surface area (Å²) in [6.07, 6.45) is 5.37. The van der Waals surface area contributed by atoms with Crippen LogP contribution in [0.3, 0.4) is 0 Å². The smallest absolute Gasteiger partial charge is 0.256 e. The first-order valence-corrected chi connectivity index (χ1v) is 9.74. The first kappa shape index (κ1) is 19.7. The topological polar surface area (TPSA) is 75.4 Å². The second-order valence-electron chi connectivity index (χ2n) is 7.59. The number of rotatable bonds is 4. The summed E-state index contributed by atoms with van der Waals surface area (Å²) in [5.41, 5.74) is 5.69. The van der Waals surface area contributed by atoms with Crippen LogP contribution >= 0.6 is 0 Å². The second kappa shape index (κ2) is 8.78. The molecule has 1 aliphatic carbocycles. The van der Waals surface area contributed by atoms with E-state index in [4.69, 9.17) is 5.73 Å². The zero-order valence-electron chi connectivity index (χ0n) is 15.4. The number of carbonyl (C=O) groups excluding carboxylic acids is 2. The Kier molecular flexibility index (Phi) is 6.42. The number of halogens is 2. The summed E-state index contributed by atoms with van der Waals surface area (Å²) in [5, 5.41) is 3.16. The number of piperidine rings is 1. The number of nitrogens with one attached hydrogen (secondary N) is 1. The van der Waals surface area contributed by atoms with Crippen LogP contribution in [0.15, 0.2) is 18.2 Å². The van der Waals surface area contributed by atoms with Gasteiger partial charge in [0.15, 0.2) is 0 Å². The van der Waals surface area contributed by atoms with E-state index in [1.165, 1.54) is 11.0 Å². The Balaban J connectivity index is 1.53. The van der Waals surface area contributed by atoms with Crippen molar-refractivity contribution in [1.82, 2.24) is 10.2 Å². The lowest BCUT2D eigenvalue weighted by Crippen LogP contribution is -2.49. The van der Waals surface area contributed by atoms with Crippen LogP contribution in [0.4, 0.5) is 8.78 Å². The van der Waals surface area contributed by atoms with E-state index in [9.17, 15) is 18.4 Å². The van der Waals surface area contributed by atoms with Gasteiger partial charge in [0, 0.05) is 31.1 Å². The average Bonchev–Trinajstić information content (AvgIpc) is 2.68. The van der Waals surface area contributed by atoms with Gasteiger partial charge in [0.05, 0.1) is 5.56 Å². The van der Waals surface area contributed by atoms with E-state index in [0.29, 0.717) is 44.5 Å². The lowest BCUT2D eigenvalue weighted by Gasteiger charge is -2.35. The molecule has 1 heterocycles. The van der Waals surface area contributed by atoms with E-state index in [1.54, 1.807) is 0 Å². The van der Waals surface area contributed by atoms with Gasteiger partial charge < -0.3 is 16.0 Å². The predicted octanol–water partition coefficient (Wildman–Crippen LogP) is 2.45. The number of carbonyl (C=O) groups is 2. The fourth-order valence-electron chi connectivity index (χ4n) is 4.16. The summed E-state index contributed by atoms with van der Waals surface area (Å²) in [6, 6.07) is 3.10. The van der Waals surface area contributed by atoms with Gasteiger partial charge in [-0.15, -0.1) is 0 Å². The summed E-state index contributed by atoms with van der Waals surface area (Å²) >= 11 is 0. The molecule has 1 aromatic rings. The second-order valence-corrected chi connectivity index (χ2v) is 7.59. The standard InChI is InChI=1S/C20H27F2N3O2/c21-15-5-6-16(17(22)11-15)20(27)25-9-7-13(8-10-25)19(26)24-18-4-2-1-3-14(18)12-23/h5-6,11,13-14,18H,1-4,7-10,12,23H2,(H,24,26). The van der Waals surface area contributed by atoms with Crippen LogP contribution in [0, 0.1) is 23.5 Å². The van der Waals surface area contributed by atoms with Crippen molar-refractivity contribution in [3.63, 3.8) is 0 Å². The SMILES string of the molecule is NCC1CCCCC1NC(=O)C1CCN(C(=O)c2ccc(F)cc2F)CC1. The maximum absolute atomic E-state index is 13.8. The van der Waals surface area contributed by atoms with E-state index >= 15 is 0 Å². The highest BCUT2D eigenvalue weighted by atomic mass is 19.1. The number of amides is 2. The third-order valence-corrected chi connectivity index (χ3v) is 5.85. The van der Waals surface area contributed by atoms with Crippen LogP contribution in [-0.4, -0.2) is 42.4 Å². The summed E-state index contributed by atoms with van der Waals surface area (Å²) in [7, 11) is 0. The van der Waals surface area contributed by atoms with Crippen molar-refractivity contribution >= 4 is 11.8 Å². The Bertz CT molecular complexity index is 690. The molecule has 0 aromatic heterocycles. The number of hydrogen-bond donors (Lipinski definition) is 2. The quantitative estimate of drug-likeness (QED) is 0.844. The van der Waals surface area contributed by atoms with Crippen LogP contribution in [0.25, 0.3) is 0 Å². The first-order chi connectivity index (χ1) is 13.0. The molecule has 2 amide bonds. The molecule has 148 valence electrons. The molecule has 0 radical (unpaired) electrons. The number of nitrogens with two attached hydrogens (primary N) is 1. The van der Waals surface area contributed by atoms with E-state index in [1.807, 2.05) is 0 Å². The number of benzene rings is 1. The molecule has 3 rings (SSSR count). The van der Waals surface area contributed by atoms with E-state index < -0.39 is 17.5 Å². The maximum Gasteiger partial charge on any atom is 0.256 e. The predicted molar refractivity (Wildman–Crippen MR) is 97.9 cm³/mol. The molecule has 3 N–H and O–H groups in total. The van der Waals surface area contributed by atoms with Gasteiger partial charge in [0.1, 0.15) is 11.6 Å². The van der Waals surface area contributed by atoms with Gasteiger partial charge in [0.25, 0.3) is 5.91 Å². The lowest BCUT2D eigenvalue weighted by molar-refractivity contribution is -0.127. The molecule has 0 bridgehead atoms. The van der Waals surface area contributed by atoms with Crippen molar-refractivity contribution in [2.75, 3.05) is 19.6 Å². The van der Waals surface area contributed by atoms with Crippen LogP contribution in [0.1, 0.15) is 48.9 Å². The molecule has 2 unspecified atom stereocenters. The van der Waals surface area contributed by atoms with Gasteiger partial charge in [0.2, 0.25) is 5.91 Å². The molecule has 7 heteroatoms. The van der Waals surface area contributed by atoms with Gasteiger partial charge in [-0.2, -0.15) is 0 Å². The minimum absolute atomic E-state index is 0.0282. The highest BCUT2D eigenvalue weighted by molar-refractivity contribution is 5.94. The van der Waals surface area contributed by atoms with E-state index in [2.05, 4.69) is 5.32 Å². The minimum Gasteiger partial charge on any atom is -0.353 e. The largest absolute Gasteiger partial charge is 0.353 e. The minimum atomic E-state index is -0.856.